The largest absolute Gasteiger partial charge is 0.203 e. The molecule has 0 fully saturated rings. The second kappa shape index (κ2) is 11.1. The summed E-state index contributed by atoms with van der Waals surface area (Å²) in [5, 5.41) is 0. The van der Waals surface area contributed by atoms with E-state index in [1.54, 1.807) is 12.1 Å². The summed E-state index contributed by atoms with van der Waals surface area (Å²) >= 11 is 0. The average molecular weight is 407 g/mol. The van der Waals surface area contributed by atoms with Gasteiger partial charge in [0.05, 0.1) is 0 Å². The summed E-state index contributed by atoms with van der Waals surface area (Å²) in [5.41, 5.74) is 5.42. The molecule has 30 heavy (non-hydrogen) atoms. The Balaban J connectivity index is 1.64. The van der Waals surface area contributed by atoms with Gasteiger partial charge in [-0.25, -0.2) is 8.78 Å². The lowest BCUT2D eigenvalue weighted by Gasteiger charge is -2.10. The van der Waals surface area contributed by atoms with E-state index < -0.39 is 11.6 Å². The highest BCUT2D eigenvalue weighted by Gasteiger charge is 2.14. The Morgan fingerprint density at radius 1 is 0.567 bits per heavy atom. The van der Waals surface area contributed by atoms with Crippen molar-refractivity contribution >= 4 is 0 Å². The Hall–Kier alpha value is -2.48. The van der Waals surface area contributed by atoms with Gasteiger partial charge >= 0.3 is 0 Å². The zero-order valence-corrected chi connectivity index (χ0v) is 18.2. The Labute approximate surface area is 180 Å². The minimum Gasteiger partial charge on any atom is -0.203 e. The highest BCUT2D eigenvalue weighted by Crippen LogP contribution is 2.28. The third-order valence-corrected chi connectivity index (χ3v) is 5.86. The van der Waals surface area contributed by atoms with Gasteiger partial charge in [-0.2, -0.15) is 0 Å². The number of unbranched alkanes of at least 4 members (excludes halogenated alkanes) is 3. The van der Waals surface area contributed by atoms with Crippen molar-refractivity contribution in [2.75, 3.05) is 0 Å². The smallest absolute Gasteiger partial charge is 0.166 e. The van der Waals surface area contributed by atoms with Gasteiger partial charge in [0.1, 0.15) is 0 Å². The van der Waals surface area contributed by atoms with Gasteiger partial charge in [-0.3, -0.25) is 0 Å². The lowest BCUT2D eigenvalue weighted by molar-refractivity contribution is 0.498. The summed E-state index contributed by atoms with van der Waals surface area (Å²) in [7, 11) is 0. The van der Waals surface area contributed by atoms with Crippen LogP contribution in [-0.2, 0) is 25.7 Å². The van der Waals surface area contributed by atoms with E-state index in [0.717, 1.165) is 50.5 Å². The number of aryl methyl sites for hydroxylation is 4. The van der Waals surface area contributed by atoms with Crippen LogP contribution < -0.4 is 0 Å². The topological polar surface area (TPSA) is 0 Å². The van der Waals surface area contributed by atoms with Crippen LogP contribution in [0.2, 0.25) is 0 Å². The molecule has 0 N–H and O–H groups in total. The maximum atomic E-state index is 14.7. The molecular weight excluding hydrogens is 374 g/mol. The fourth-order valence-corrected chi connectivity index (χ4v) is 3.83. The van der Waals surface area contributed by atoms with E-state index in [0.29, 0.717) is 17.5 Å². The van der Waals surface area contributed by atoms with Gasteiger partial charge in [0.15, 0.2) is 11.6 Å². The van der Waals surface area contributed by atoms with Crippen molar-refractivity contribution in [1.29, 1.82) is 0 Å². The summed E-state index contributed by atoms with van der Waals surface area (Å²) in [6.07, 6.45) is 7.79. The Morgan fingerprint density at radius 3 is 1.77 bits per heavy atom. The van der Waals surface area contributed by atoms with Crippen LogP contribution in [0, 0.1) is 11.6 Å². The molecule has 0 aliphatic rings. The summed E-state index contributed by atoms with van der Waals surface area (Å²) in [5.74, 6) is -1.42. The zero-order chi connectivity index (χ0) is 21.3. The first kappa shape index (κ1) is 22.2. The summed E-state index contributed by atoms with van der Waals surface area (Å²) < 4.78 is 29.2. The lowest BCUT2D eigenvalue weighted by Crippen LogP contribution is -1.98. The van der Waals surface area contributed by atoms with Gasteiger partial charge in [0.2, 0.25) is 0 Å². The molecule has 0 amide bonds. The quantitative estimate of drug-likeness (QED) is 0.298. The van der Waals surface area contributed by atoms with E-state index in [1.807, 2.05) is 24.3 Å². The highest BCUT2D eigenvalue weighted by molar-refractivity contribution is 5.65. The van der Waals surface area contributed by atoms with Crippen molar-refractivity contribution in [2.45, 2.75) is 65.2 Å². The van der Waals surface area contributed by atoms with Crippen molar-refractivity contribution in [2.24, 2.45) is 0 Å². The molecule has 2 heteroatoms. The number of hydrogen-bond donors (Lipinski definition) is 0. The van der Waals surface area contributed by atoms with Gasteiger partial charge in [-0.15, -0.1) is 0 Å². The third-order valence-electron chi connectivity index (χ3n) is 5.86. The maximum absolute atomic E-state index is 14.7. The molecule has 3 aromatic carbocycles. The molecule has 0 unspecified atom stereocenters. The Kier molecular flexibility index (Phi) is 8.19. The molecule has 0 nitrogen and oxygen atoms in total. The van der Waals surface area contributed by atoms with Crippen molar-refractivity contribution in [1.82, 2.24) is 0 Å². The van der Waals surface area contributed by atoms with E-state index in [-0.39, 0.29) is 0 Å². The number of rotatable bonds is 10. The SMILES string of the molecule is CCCCCCc1ccc(-c2ccc(CCc3ccc(CC)cc3)cc2)c(F)c1F. The molecule has 0 spiro atoms. The summed E-state index contributed by atoms with van der Waals surface area (Å²) in [6, 6.07) is 20.0. The molecule has 3 rings (SSSR count). The van der Waals surface area contributed by atoms with E-state index >= 15 is 0 Å². The monoisotopic (exact) mass is 406 g/mol. The first-order valence-corrected chi connectivity index (χ1v) is 11.3. The third kappa shape index (κ3) is 5.78. The first-order chi connectivity index (χ1) is 14.6. The fourth-order valence-electron chi connectivity index (χ4n) is 3.83. The predicted octanol–water partition coefficient (Wildman–Crippen LogP) is 8.10. The first-order valence-electron chi connectivity index (χ1n) is 11.3. The molecule has 0 aliphatic heterocycles. The molecule has 0 heterocycles. The van der Waals surface area contributed by atoms with Gasteiger partial charge in [-0.1, -0.05) is 93.8 Å². The van der Waals surface area contributed by atoms with Crippen LogP contribution in [0.4, 0.5) is 8.78 Å². The van der Waals surface area contributed by atoms with Crippen molar-refractivity contribution < 1.29 is 8.78 Å². The summed E-state index contributed by atoms with van der Waals surface area (Å²) in [6.45, 7) is 4.30. The number of benzene rings is 3. The van der Waals surface area contributed by atoms with E-state index in [2.05, 4.69) is 38.1 Å². The molecule has 3 aromatic rings. The van der Waals surface area contributed by atoms with Crippen LogP contribution in [0.3, 0.4) is 0 Å². The molecule has 158 valence electrons. The maximum Gasteiger partial charge on any atom is 0.166 e. The Morgan fingerprint density at radius 2 is 1.17 bits per heavy atom. The molecule has 0 atom stereocenters. The molecule has 0 aliphatic carbocycles. The van der Waals surface area contributed by atoms with Crippen molar-refractivity contribution in [3.8, 4) is 11.1 Å². The van der Waals surface area contributed by atoms with Crippen molar-refractivity contribution in [3.63, 3.8) is 0 Å². The van der Waals surface area contributed by atoms with E-state index in [4.69, 9.17) is 0 Å². The van der Waals surface area contributed by atoms with Gasteiger partial charge < -0.3 is 0 Å². The van der Waals surface area contributed by atoms with Crippen molar-refractivity contribution in [3.05, 3.63) is 94.6 Å². The number of halogens is 2. The molecule has 0 aromatic heterocycles. The molecular formula is C28H32F2. The molecule has 0 radical (unpaired) electrons. The zero-order valence-electron chi connectivity index (χ0n) is 18.2. The standard InChI is InChI=1S/C28H32F2/c1-3-5-6-7-8-25-19-20-26(28(30)27(25)29)24-17-15-23(16-18-24)14-13-22-11-9-21(4-2)10-12-22/h9-12,15-20H,3-8,13-14H2,1-2H3. The van der Waals surface area contributed by atoms with Crippen LogP contribution in [0.5, 0.6) is 0 Å². The number of hydrogen-bond acceptors (Lipinski definition) is 0. The second-order valence-corrected chi connectivity index (χ2v) is 8.08. The molecule has 0 bridgehead atoms. The Bertz CT molecular complexity index is 924. The van der Waals surface area contributed by atoms with E-state index in [9.17, 15) is 8.78 Å². The molecule has 0 saturated carbocycles. The summed E-state index contributed by atoms with van der Waals surface area (Å²) in [4.78, 5) is 0. The predicted molar refractivity (Wildman–Crippen MR) is 123 cm³/mol. The van der Waals surface area contributed by atoms with Gasteiger partial charge in [0, 0.05) is 5.56 Å². The van der Waals surface area contributed by atoms with Crippen LogP contribution in [0.15, 0.2) is 60.7 Å². The minimum atomic E-state index is -0.730. The normalized spacial score (nSPS) is 11.1. The van der Waals surface area contributed by atoms with Crippen LogP contribution >= 0.6 is 0 Å². The average Bonchev–Trinajstić information content (AvgIpc) is 2.79. The van der Waals surface area contributed by atoms with Crippen LogP contribution in [0.25, 0.3) is 11.1 Å². The van der Waals surface area contributed by atoms with Crippen LogP contribution in [-0.4, -0.2) is 0 Å². The lowest BCUT2D eigenvalue weighted by atomic mass is 9.97. The van der Waals surface area contributed by atoms with Gasteiger partial charge in [-0.05, 0) is 59.9 Å². The second-order valence-electron chi connectivity index (χ2n) is 8.08. The fraction of sp³-hybridized carbons (Fsp3) is 0.357. The molecule has 0 saturated heterocycles. The van der Waals surface area contributed by atoms with E-state index in [1.165, 1.54) is 16.7 Å². The highest BCUT2D eigenvalue weighted by atomic mass is 19.2. The van der Waals surface area contributed by atoms with Crippen LogP contribution in [0.1, 0.15) is 61.8 Å². The van der Waals surface area contributed by atoms with Gasteiger partial charge in [0.25, 0.3) is 0 Å². The minimum absolute atomic E-state index is 0.339.